The molecule has 1 aliphatic rings. The first-order chi connectivity index (χ1) is 12.4. The van der Waals surface area contributed by atoms with Crippen LogP contribution in [0.5, 0.6) is 5.75 Å². The standard InChI is InChI=1S/C17H20N2O5S2/c1-24-13-5-3-2-4-11(13)6-9-19-26(22,23)17-15(16(20)21)12-7-8-18-10-14(12)25-17/h2-5,18-19H,6-10H2,1H3,(H,20,21). The van der Waals surface area contributed by atoms with E-state index >= 15 is 0 Å². The summed E-state index contributed by atoms with van der Waals surface area (Å²) in [6.07, 6.45) is 0.961. The number of hydrogen-bond donors (Lipinski definition) is 3. The molecule has 0 amide bonds. The maximum atomic E-state index is 12.7. The minimum atomic E-state index is -3.90. The molecule has 1 aromatic heterocycles. The van der Waals surface area contributed by atoms with Crippen molar-refractivity contribution < 1.29 is 23.1 Å². The van der Waals surface area contributed by atoms with E-state index in [-0.39, 0.29) is 16.3 Å². The summed E-state index contributed by atoms with van der Waals surface area (Å²) in [4.78, 5) is 12.4. The molecule has 1 aromatic carbocycles. The van der Waals surface area contributed by atoms with Gasteiger partial charge >= 0.3 is 5.97 Å². The zero-order chi connectivity index (χ0) is 18.7. The van der Waals surface area contributed by atoms with Crippen molar-refractivity contribution in [2.24, 2.45) is 0 Å². The van der Waals surface area contributed by atoms with E-state index in [1.54, 1.807) is 7.11 Å². The molecule has 7 nitrogen and oxygen atoms in total. The van der Waals surface area contributed by atoms with Crippen LogP contribution in [0.1, 0.15) is 26.4 Å². The molecule has 0 unspecified atom stereocenters. The summed E-state index contributed by atoms with van der Waals surface area (Å²) in [7, 11) is -2.34. The van der Waals surface area contributed by atoms with Gasteiger partial charge < -0.3 is 15.2 Å². The number of aromatic carboxylic acids is 1. The average Bonchev–Trinajstić information content (AvgIpc) is 3.03. The highest BCUT2D eigenvalue weighted by molar-refractivity contribution is 7.91. The van der Waals surface area contributed by atoms with Gasteiger partial charge in [0.15, 0.2) is 0 Å². The number of sulfonamides is 1. The number of carboxylic acids is 1. The van der Waals surface area contributed by atoms with Gasteiger partial charge in [0.05, 0.1) is 12.7 Å². The predicted molar refractivity (Wildman–Crippen MR) is 98.6 cm³/mol. The van der Waals surface area contributed by atoms with Crippen LogP contribution >= 0.6 is 11.3 Å². The van der Waals surface area contributed by atoms with Gasteiger partial charge in [0.2, 0.25) is 0 Å². The lowest BCUT2D eigenvalue weighted by molar-refractivity contribution is 0.0692. The highest BCUT2D eigenvalue weighted by Crippen LogP contribution is 2.34. The summed E-state index contributed by atoms with van der Waals surface area (Å²) >= 11 is 1.03. The van der Waals surface area contributed by atoms with Crippen molar-refractivity contribution in [3.8, 4) is 5.75 Å². The lowest BCUT2D eigenvalue weighted by Crippen LogP contribution is -2.27. The number of para-hydroxylation sites is 1. The van der Waals surface area contributed by atoms with Gasteiger partial charge in [-0.25, -0.2) is 17.9 Å². The first kappa shape index (κ1) is 18.8. The van der Waals surface area contributed by atoms with E-state index < -0.39 is 16.0 Å². The molecule has 0 atom stereocenters. The van der Waals surface area contributed by atoms with Crippen molar-refractivity contribution >= 4 is 27.3 Å². The fourth-order valence-corrected chi connectivity index (χ4v) is 5.95. The Morgan fingerprint density at radius 2 is 2.15 bits per heavy atom. The first-order valence-corrected chi connectivity index (χ1v) is 10.4. The van der Waals surface area contributed by atoms with Gasteiger partial charge in [0.25, 0.3) is 10.0 Å². The number of thiophene rings is 1. The van der Waals surface area contributed by atoms with Crippen molar-refractivity contribution in [2.45, 2.75) is 23.6 Å². The lowest BCUT2D eigenvalue weighted by atomic mass is 10.1. The zero-order valence-electron chi connectivity index (χ0n) is 14.2. The van der Waals surface area contributed by atoms with Crippen LogP contribution in [0.3, 0.4) is 0 Å². The van der Waals surface area contributed by atoms with Crippen LogP contribution in [0.4, 0.5) is 0 Å². The number of benzene rings is 1. The summed E-state index contributed by atoms with van der Waals surface area (Å²) in [5.41, 5.74) is 1.42. The van der Waals surface area contributed by atoms with Crippen molar-refractivity contribution in [3.05, 3.63) is 45.8 Å². The first-order valence-electron chi connectivity index (χ1n) is 8.14. The van der Waals surface area contributed by atoms with Crippen LogP contribution in [0.25, 0.3) is 0 Å². The van der Waals surface area contributed by atoms with E-state index in [2.05, 4.69) is 10.0 Å². The van der Waals surface area contributed by atoms with Gasteiger partial charge in [-0.1, -0.05) is 18.2 Å². The summed E-state index contributed by atoms with van der Waals surface area (Å²) in [5, 5.41) is 12.7. The molecule has 0 saturated heterocycles. The molecule has 0 radical (unpaired) electrons. The van der Waals surface area contributed by atoms with Gasteiger partial charge in [-0.2, -0.15) is 0 Å². The third-order valence-electron chi connectivity index (χ3n) is 4.23. The quantitative estimate of drug-likeness (QED) is 0.657. The molecular formula is C17H20N2O5S2. The van der Waals surface area contributed by atoms with Gasteiger partial charge in [0, 0.05) is 18.0 Å². The van der Waals surface area contributed by atoms with E-state index in [9.17, 15) is 18.3 Å². The third kappa shape index (κ3) is 3.75. The van der Waals surface area contributed by atoms with Gasteiger partial charge in [0.1, 0.15) is 9.96 Å². The van der Waals surface area contributed by atoms with Crippen molar-refractivity contribution in [1.29, 1.82) is 0 Å². The highest BCUT2D eigenvalue weighted by Gasteiger charge is 2.31. The fourth-order valence-electron chi connectivity index (χ4n) is 3.01. The van der Waals surface area contributed by atoms with Gasteiger partial charge in [-0.15, -0.1) is 11.3 Å². The van der Waals surface area contributed by atoms with E-state index in [1.807, 2.05) is 24.3 Å². The predicted octanol–water partition coefficient (Wildman–Crippen LogP) is 1.62. The van der Waals surface area contributed by atoms with E-state index in [0.717, 1.165) is 21.8 Å². The molecular weight excluding hydrogens is 376 g/mol. The number of ether oxygens (including phenoxy) is 1. The second kappa shape index (κ2) is 7.75. The summed E-state index contributed by atoms with van der Waals surface area (Å²) in [6.45, 7) is 1.30. The number of hydrogen-bond acceptors (Lipinski definition) is 6. The molecule has 3 N–H and O–H groups in total. The number of nitrogens with one attached hydrogen (secondary N) is 2. The monoisotopic (exact) mass is 396 g/mol. The molecule has 0 bridgehead atoms. The molecule has 0 aliphatic carbocycles. The Labute approximate surface area is 156 Å². The van der Waals surface area contributed by atoms with Crippen LogP contribution in [0.2, 0.25) is 0 Å². The number of carboxylic acid groups (broad SMARTS) is 1. The van der Waals surface area contributed by atoms with Gasteiger partial charge in [-0.05, 0) is 36.6 Å². The van der Waals surface area contributed by atoms with Crippen LogP contribution in [-0.2, 0) is 29.4 Å². The Balaban J connectivity index is 1.80. The largest absolute Gasteiger partial charge is 0.496 e. The summed E-state index contributed by atoms with van der Waals surface area (Å²) < 4.78 is 33.1. The van der Waals surface area contributed by atoms with Crippen molar-refractivity contribution in [2.75, 3.05) is 20.2 Å². The maximum Gasteiger partial charge on any atom is 0.338 e. The number of rotatable bonds is 7. The molecule has 2 aromatic rings. The van der Waals surface area contributed by atoms with Crippen LogP contribution in [0.15, 0.2) is 28.5 Å². The smallest absolute Gasteiger partial charge is 0.338 e. The van der Waals surface area contributed by atoms with E-state index in [1.165, 1.54) is 0 Å². The van der Waals surface area contributed by atoms with Crippen molar-refractivity contribution in [1.82, 2.24) is 10.0 Å². The maximum absolute atomic E-state index is 12.7. The Kier molecular flexibility index (Phi) is 5.61. The molecule has 140 valence electrons. The second-order valence-corrected chi connectivity index (χ2v) is 8.93. The third-order valence-corrected chi connectivity index (χ3v) is 7.44. The Morgan fingerprint density at radius 3 is 2.88 bits per heavy atom. The molecule has 9 heteroatoms. The minimum absolute atomic E-state index is 0.0868. The van der Waals surface area contributed by atoms with Crippen LogP contribution < -0.4 is 14.8 Å². The Morgan fingerprint density at radius 1 is 1.38 bits per heavy atom. The minimum Gasteiger partial charge on any atom is -0.496 e. The lowest BCUT2D eigenvalue weighted by Gasteiger charge is -2.12. The van der Waals surface area contributed by atoms with E-state index in [0.29, 0.717) is 37.2 Å². The SMILES string of the molecule is COc1ccccc1CCNS(=O)(=O)c1sc2c(c1C(=O)O)CCNC2. The second-order valence-electron chi connectivity index (χ2n) is 5.86. The molecule has 2 heterocycles. The van der Waals surface area contributed by atoms with Crippen LogP contribution in [0, 0.1) is 0 Å². The zero-order valence-corrected chi connectivity index (χ0v) is 15.9. The Bertz CT molecular complexity index is 921. The van der Waals surface area contributed by atoms with Gasteiger partial charge in [-0.3, -0.25) is 0 Å². The highest BCUT2D eigenvalue weighted by atomic mass is 32.2. The topological polar surface area (TPSA) is 105 Å². The molecule has 0 spiro atoms. The number of fused-ring (bicyclic) bond motifs is 1. The van der Waals surface area contributed by atoms with Crippen molar-refractivity contribution in [3.63, 3.8) is 0 Å². The van der Waals surface area contributed by atoms with Crippen LogP contribution in [-0.4, -0.2) is 39.7 Å². The van der Waals surface area contributed by atoms with E-state index in [4.69, 9.17) is 4.74 Å². The molecule has 3 rings (SSSR count). The fraction of sp³-hybridized carbons (Fsp3) is 0.353. The average molecular weight is 396 g/mol. The molecule has 1 aliphatic heterocycles. The number of carbonyl (C=O) groups is 1. The Hall–Kier alpha value is -1.94. The summed E-state index contributed by atoms with van der Waals surface area (Å²) in [5.74, 6) is -0.509. The summed E-state index contributed by atoms with van der Waals surface area (Å²) in [6, 6.07) is 7.38. The molecule has 0 fully saturated rings. The molecule has 26 heavy (non-hydrogen) atoms. The molecule has 0 saturated carbocycles. The normalized spacial score (nSPS) is 14.0. The number of methoxy groups -OCH3 is 1.